The molecule has 0 fully saturated rings. The third-order valence-electron chi connectivity index (χ3n) is 5.69. The van der Waals surface area contributed by atoms with E-state index in [-0.39, 0.29) is 5.91 Å². The number of benzene rings is 1. The van der Waals surface area contributed by atoms with E-state index < -0.39 is 13.5 Å². The number of nitrogens with two attached hydrogens (primary N) is 1. The number of amides is 1. The van der Waals surface area contributed by atoms with E-state index in [1.807, 2.05) is 24.4 Å². The van der Waals surface area contributed by atoms with Gasteiger partial charge >= 0.3 is 0 Å². The first kappa shape index (κ1) is 18.2. The van der Waals surface area contributed by atoms with Crippen molar-refractivity contribution >= 4 is 25.4 Å². The second kappa shape index (κ2) is 6.46. The molecule has 2 aromatic rings. The molecule has 142 valence electrons. The molecule has 4 rings (SSSR count). The van der Waals surface area contributed by atoms with Crippen molar-refractivity contribution in [3.63, 3.8) is 0 Å². The summed E-state index contributed by atoms with van der Waals surface area (Å²) in [4.78, 5) is 19.6. The fourth-order valence-electron chi connectivity index (χ4n) is 4.17. The van der Waals surface area contributed by atoms with Gasteiger partial charge in [-0.05, 0) is 48.2 Å². The van der Waals surface area contributed by atoms with Gasteiger partial charge in [0.1, 0.15) is 6.73 Å². The zero-order valence-electron chi connectivity index (χ0n) is 16.3. The third-order valence-corrected chi connectivity index (χ3v) is 7.39. The molecule has 6 heteroatoms. The van der Waals surface area contributed by atoms with E-state index >= 15 is 0 Å². The molecule has 0 radical (unpaired) electrons. The second-order valence-electron chi connectivity index (χ2n) is 8.94. The molecule has 1 atom stereocenters. The summed E-state index contributed by atoms with van der Waals surface area (Å²) in [5, 5.41) is 0. The van der Waals surface area contributed by atoms with Crippen LogP contribution in [0.1, 0.15) is 16.7 Å². The molecule has 1 amide bonds. The number of ether oxygens (including phenoxy) is 1. The van der Waals surface area contributed by atoms with Crippen LogP contribution >= 0.6 is 0 Å². The number of hydrogen-bond acceptors (Lipinski definition) is 4. The van der Waals surface area contributed by atoms with E-state index in [0.717, 1.165) is 23.0 Å². The van der Waals surface area contributed by atoms with Crippen LogP contribution in [-0.2, 0) is 27.8 Å². The first-order valence-corrected chi connectivity index (χ1v) is 13.2. The van der Waals surface area contributed by atoms with Gasteiger partial charge in [-0.3, -0.25) is 14.7 Å². The summed E-state index contributed by atoms with van der Waals surface area (Å²) in [5.41, 5.74) is 10.5. The summed E-state index contributed by atoms with van der Waals surface area (Å²) in [5.74, 6) is 0.119. The van der Waals surface area contributed by atoms with Crippen LogP contribution < -0.4 is 10.6 Å². The van der Waals surface area contributed by atoms with Gasteiger partial charge in [0.05, 0.1) is 11.1 Å². The monoisotopic (exact) mass is 381 g/mol. The highest BCUT2D eigenvalue weighted by atomic mass is 28.3. The minimum Gasteiger partial charge on any atom is -0.399 e. The Morgan fingerprint density at radius 3 is 2.78 bits per heavy atom. The van der Waals surface area contributed by atoms with E-state index in [1.165, 1.54) is 11.1 Å². The van der Waals surface area contributed by atoms with Crippen molar-refractivity contribution in [2.24, 2.45) is 0 Å². The Morgan fingerprint density at radius 2 is 2.00 bits per heavy atom. The van der Waals surface area contributed by atoms with E-state index in [4.69, 9.17) is 10.5 Å². The fourth-order valence-corrected chi connectivity index (χ4v) is 4.93. The Morgan fingerprint density at radius 1 is 1.22 bits per heavy atom. The molecule has 0 saturated heterocycles. The van der Waals surface area contributed by atoms with Gasteiger partial charge in [-0.1, -0.05) is 25.7 Å². The average Bonchev–Trinajstić information content (AvgIpc) is 3.09. The molecule has 1 aliphatic heterocycles. The zero-order chi connectivity index (χ0) is 19.2. The molecule has 0 unspecified atom stereocenters. The summed E-state index contributed by atoms with van der Waals surface area (Å²) >= 11 is 0. The lowest BCUT2D eigenvalue weighted by molar-refractivity contribution is -0.124. The van der Waals surface area contributed by atoms with Gasteiger partial charge in [-0.25, -0.2) is 0 Å². The van der Waals surface area contributed by atoms with Gasteiger partial charge in [-0.2, -0.15) is 0 Å². The molecule has 1 aromatic heterocycles. The lowest BCUT2D eigenvalue weighted by Crippen LogP contribution is -2.42. The van der Waals surface area contributed by atoms with Gasteiger partial charge in [0.15, 0.2) is 0 Å². The molecule has 5 nitrogen and oxygen atoms in total. The maximum Gasteiger partial charge on any atom is 0.240 e. The summed E-state index contributed by atoms with van der Waals surface area (Å²) in [6, 6.07) is 8.99. The number of aromatic nitrogens is 1. The van der Waals surface area contributed by atoms with Crippen molar-refractivity contribution in [1.29, 1.82) is 0 Å². The maximum atomic E-state index is 13.5. The van der Waals surface area contributed by atoms with E-state index in [2.05, 4.69) is 30.7 Å². The molecular formula is C21H27N3O2Si. The Bertz CT molecular complexity index is 893. The van der Waals surface area contributed by atoms with Crippen LogP contribution in [0.25, 0.3) is 0 Å². The van der Waals surface area contributed by atoms with Crippen molar-refractivity contribution in [1.82, 2.24) is 4.98 Å². The summed E-state index contributed by atoms with van der Waals surface area (Å²) in [7, 11) is -1.15. The number of nitrogen functional groups attached to an aromatic ring is 1. The van der Waals surface area contributed by atoms with Crippen LogP contribution in [0, 0.1) is 0 Å². The van der Waals surface area contributed by atoms with Crippen LogP contribution in [0.5, 0.6) is 0 Å². The van der Waals surface area contributed by atoms with Crippen molar-refractivity contribution in [3.8, 4) is 0 Å². The number of rotatable bonds is 5. The number of carbonyl (C=O) groups is 1. The Labute approximate surface area is 161 Å². The first-order valence-electron chi connectivity index (χ1n) is 9.52. The molecule has 1 spiro atoms. The van der Waals surface area contributed by atoms with Gasteiger partial charge < -0.3 is 10.5 Å². The lowest BCUT2D eigenvalue weighted by Gasteiger charge is -2.24. The number of fused-ring (bicyclic) bond motifs is 3. The van der Waals surface area contributed by atoms with Crippen LogP contribution in [0.3, 0.4) is 0 Å². The highest BCUT2D eigenvalue weighted by molar-refractivity contribution is 6.76. The topological polar surface area (TPSA) is 68.5 Å². The molecule has 1 aliphatic carbocycles. The van der Waals surface area contributed by atoms with E-state index in [9.17, 15) is 4.79 Å². The number of nitrogens with zero attached hydrogens (tertiary/aromatic N) is 2. The molecular weight excluding hydrogens is 354 g/mol. The highest BCUT2D eigenvalue weighted by Gasteiger charge is 2.54. The number of anilines is 2. The molecule has 2 heterocycles. The number of hydrogen-bond donors (Lipinski definition) is 1. The summed E-state index contributed by atoms with van der Waals surface area (Å²) in [6.07, 6.45) is 4.98. The Hall–Kier alpha value is -2.18. The molecule has 0 bridgehead atoms. The van der Waals surface area contributed by atoms with Crippen LogP contribution in [0.15, 0.2) is 36.7 Å². The van der Waals surface area contributed by atoms with Crippen LogP contribution in [0.4, 0.5) is 11.4 Å². The largest absolute Gasteiger partial charge is 0.399 e. The second-order valence-corrected chi connectivity index (χ2v) is 14.6. The SMILES string of the molecule is C[Si](C)(C)CCOCN1C(=O)[C@]2(Cc3ccc(N)cc3C2)c2cnccc21. The molecule has 1 aromatic carbocycles. The summed E-state index contributed by atoms with van der Waals surface area (Å²) < 4.78 is 5.92. The Kier molecular flexibility index (Phi) is 4.35. The summed E-state index contributed by atoms with van der Waals surface area (Å²) in [6.45, 7) is 7.99. The van der Waals surface area contributed by atoms with Crippen LogP contribution in [-0.4, -0.2) is 32.3 Å². The van der Waals surface area contributed by atoms with Crippen molar-refractivity contribution in [2.75, 3.05) is 24.0 Å². The standard InChI is InChI=1S/C21H27N3O2Si/c1-27(2,3)9-8-26-14-24-19-6-7-23-13-18(19)21(20(24)25)11-15-4-5-17(22)10-16(15)12-21/h4-7,10,13H,8-9,11-12,14,22H2,1-3H3/t21-/m0/s1. The third kappa shape index (κ3) is 3.17. The average molecular weight is 382 g/mol. The van der Waals surface area contributed by atoms with E-state index in [1.54, 1.807) is 11.1 Å². The normalized spacial score (nSPS) is 21.0. The van der Waals surface area contributed by atoms with Gasteiger partial charge in [0.25, 0.3) is 0 Å². The number of pyridine rings is 1. The van der Waals surface area contributed by atoms with Gasteiger partial charge in [-0.15, -0.1) is 0 Å². The molecule has 0 saturated carbocycles. The maximum absolute atomic E-state index is 13.5. The molecule has 27 heavy (non-hydrogen) atoms. The first-order chi connectivity index (χ1) is 12.8. The fraction of sp³-hybridized carbons (Fsp3) is 0.429. The highest BCUT2D eigenvalue weighted by Crippen LogP contribution is 2.49. The van der Waals surface area contributed by atoms with Crippen molar-refractivity contribution in [3.05, 3.63) is 53.3 Å². The lowest BCUT2D eigenvalue weighted by atomic mass is 9.79. The van der Waals surface area contributed by atoms with Gasteiger partial charge in [0.2, 0.25) is 5.91 Å². The minimum absolute atomic E-state index is 0.119. The Balaban J connectivity index is 1.60. The van der Waals surface area contributed by atoms with Crippen molar-refractivity contribution < 1.29 is 9.53 Å². The molecule has 2 N–H and O–H groups in total. The van der Waals surface area contributed by atoms with Gasteiger partial charge in [0, 0.05) is 38.3 Å². The zero-order valence-corrected chi connectivity index (χ0v) is 17.3. The quantitative estimate of drug-likeness (QED) is 0.490. The molecule has 2 aliphatic rings. The van der Waals surface area contributed by atoms with Crippen LogP contribution in [0.2, 0.25) is 25.7 Å². The smallest absolute Gasteiger partial charge is 0.240 e. The van der Waals surface area contributed by atoms with E-state index in [0.29, 0.717) is 26.2 Å². The minimum atomic E-state index is -1.15. The number of carbonyl (C=O) groups excluding carboxylic acids is 1. The predicted octanol–water partition coefficient (Wildman–Crippen LogP) is 3.36. The van der Waals surface area contributed by atoms with Crippen molar-refractivity contribution in [2.45, 2.75) is 43.9 Å². The predicted molar refractivity (Wildman–Crippen MR) is 111 cm³/mol.